The van der Waals surface area contributed by atoms with Gasteiger partial charge in [-0.2, -0.15) is 0 Å². The number of benzene rings is 2. The van der Waals surface area contributed by atoms with E-state index in [1.165, 1.54) is 0 Å². The number of hydrogen-bond acceptors (Lipinski definition) is 5. The molecule has 1 aliphatic heterocycles. The summed E-state index contributed by atoms with van der Waals surface area (Å²) in [7, 11) is 0. The van der Waals surface area contributed by atoms with E-state index in [0.717, 1.165) is 4.47 Å². The minimum atomic E-state index is -0.490. The third-order valence-corrected chi connectivity index (χ3v) is 4.39. The van der Waals surface area contributed by atoms with Crippen molar-refractivity contribution in [2.24, 2.45) is 0 Å². The molecule has 0 saturated carbocycles. The van der Waals surface area contributed by atoms with E-state index in [1.807, 2.05) is 0 Å². The molecular weight excluding hydrogens is 444 g/mol. The number of carbonyl (C=O) groups is 3. The SMILES string of the molecule is O=C(CCNC(=O)Nc1ccc(Br)cc1)NNC(=O)c1ccc2c(c1)OCCO2. The molecule has 2 aromatic carbocycles. The van der Waals surface area contributed by atoms with Gasteiger partial charge in [-0.1, -0.05) is 15.9 Å². The number of halogens is 1. The van der Waals surface area contributed by atoms with Gasteiger partial charge in [0, 0.05) is 28.7 Å². The molecule has 0 radical (unpaired) electrons. The molecule has 4 amide bonds. The molecule has 1 aliphatic rings. The van der Waals surface area contributed by atoms with Crippen molar-refractivity contribution in [2.75, 3.05) is 25.1 Å². The maximum atomic E-state index is 12.1. The largest absolute Gasteiger partial charge is 0.486 e. The second-order valence-corrected chi connectivity index (χ2v) is 6.91. The van der Waals surface area contributed by atoms with E-state index in [4.69, 9.17) is 9.47 Å². The lowest BCUT2D eigenvalue weighted by molar-refractivity contribution is -0.121. The first-order valence-corrected chi connectivity index (χ1v) is 9.60. The Labute approximate surface area is 175 Å². The Balaban J connectivity index is 1.36. The van der Waals surface area contributed by atoms with E-state index in [0.29, 0.717) is 36.0 Å². The highest BCUT2D eigenvalue weighted by Gasteiger charge is 2.15. The van der Waals surface area contributed by atoms with Crippen LogP contribution in [0.3, 0.4) is 0 Å². The molecule has 29 heavy (non-hydrogen) atoms. The third kappa shape index (κ3) is 6.11. The number of fused-ring (bicyclic) bond motifs is 1. The van der Waals surface area contributed by atoms with Gasteiger partial charge in [0.2, 0.25) is 5.91 Å². The Morgan fingerprint density at radius 2 is 1.66 bits per heavy atom. The zero-order chi connectivity index (χ0) is 20.6. The highest BCUT2D eigenvalue weighted by molar-refractivity contribution is 9.10. The van der Waals surface area contributed by atoms with E-state index in [2.05, 4.69) is 37.4 Å². The number of hydrazine groups is 1. The topological polar surface area (TPSA) is 118 Å². The summed E-state index contributed by atoms with van der Waals surface area (Å²) in [4.78, 5) is 35.8. The summed E-state index contributed by atoms with van der Waals surface area (Å²) in [6.45, 7) is 0.981. The van der Waals surface area contributed by atoms with Crippen LogP contribution in [-0.4, -0.2) is 37.6 Å². The zero-order valence-corrected chi connectivity index (χ0v) is 16.9. The Kier molecular flexibility index (Phi) is 6.90. The highest BCUT2D eigenvalue weighted by Crippen LogP contribution is 2.30. The summed E-state index contributed by atoms with van der Waals surface area (Å²) in [6, 6.07) is 11.4. The highest BCUT2D eigenvalue weighted by atomic mass is 79.9. The van der Waals surface area contributed by atoms with Gasteiger partial charge in [-0.15, -0.1) is 0 Å². The fraction of sp³-hybridized carbons (Fsp3) is 0.211. The number of hydrogen-bond donors (Lipinski definition) is 4. The molecule has 152 valence electrons. The molecule has 0 atom stereocenters. The van der Waals surface area contributed by atoms with Gasteiger partial charge >= 0.3 is 6.03 Å². The lowest BCUT2D eigenvalue weighted by Crippen LogP contribution is -2.43. The summed E-state index contributed by atoms with van der Waals surface area (Å²) in [5, 5.41) is 5.21. The molecule has 0 unspecified atom stereocenters. The van der Waals surface area contributed by atoms with E-state index < -0.39 is 17.8 Å². The van der Waals surface area contributed by atoms with E-state index in [-0.39, 0.29) is 13.0 Å². The average molecular weight is 463 g/mol. The summed E-state index contributed by atoms with van der Waals surface area (Å²) < 4.78 is 11.7. The molecule has 0 spiro atoms. The molecule has 0 aromatic heterocycles. The molecule has 0 saturated heterocycles. The molecule has 2 aromatic rings. The minimum Gasteiger partial charge on any atom is -0.486 e. The van der Waals surface area contributed by atoms with Crippen LogP contribution < -0.4 is 31.0 Å². The number of carbonyl (C=O) groups excluding carboxylic acids is 3. The molecule has 10 heteroatoms. The van der Waals surface area contributed by atoms with Crippen molar-refractivity contribution in [1.29, 1.82) is 0 Å². The van der Waals surface area contributed by atoms with Crippen LogP contribution >= 0.6 is 15.9 Å². The third-order valence-electron chi connectivity index (χ3n) is 3.86. The van der Waals surface area contributed by atoms with Gasteiger partial charge in [-0.05, 0) is 42.5 Å². The molecule has 9 nitrogen and oxygen atoms in total. The van der Waals surface area contributed by atoms with Crippen LogP contribution in [0.1, 0.15) is 16.8 Å². The molecular formula is C19H19BrN4O5. The normalized spacial score (nSPS) is 11.9. The number of nitrogens with one attached hydrogen (secondary N) is 4. The molecule has 0 aliphatic carbocycles. The number of urea groups is 1. The fourth-order valence-corrected chi connectivity index (χ4v) is 2.71. The van der Waals surface area contributed by atoms with Gasteiger partial charge in [0.1, 0.15) is 13.2 Å². The van der Waals surface area contributed by atoms with Gasteiger partial charge in [-0.25, -0.2) is 4.79 Å². The Morgan fingerprint density at radius 1 is 0.931 bits per heavy atom. The van der Waals surface area contributed by atoms with Crippen molar-refractivity contribution in [2.45, 2.75) is 6.42 Å². The van der Waals surface area contributed by atoms with Crippen molar-refractivity contribution in [3.8, 4) is 11.5 Å². The quantitative estimate of drug-likeness (QED) is 0.508. The molecule has 3 rings (SSSR count). The number of anilines is 1. The van der Waals surface area contributed by atoms with Crippen molar-refractivity contribution in [1.82, 2.24) is 16.2 Å². The summed E-state index contributed by atoms with van der Waals surface area (Å²) in [6.07, 6.45) is -0.00478. The first kappa shape index (κ1) is 20.5. The predicted molar refractivity (Wildman–Crippen MR) is 109 cm³/mol. The van der Waals surface area contributed by atoms with Crippen LogP contribution in [0, 0.1) is 0 Å². The Bertz CT molecular complexity index is 904. The minimum absolute atomic E-state index is 0.00478. The molecule has 0 bridgehead atoms. The maximum Gasteiger partial charge on any atom is 0.319 e. The Hall–Kier alpha value is -3.27. The Morgan fingerprint density at radius 3 is 2.41 bits per heavy atom. The average Bonchev–Trinajstić information content (AvgIpc) is 2.73. The van der Waals surface area contributed by atoms with E-state index >= 15 is 0 Å². The second kappa shape index (κ2) is 9.78. The molecule has 0 fully saturated rings. The molecule has 1 heterocycles. The lowest BCUT2D eigenvalue weighted by atomic mass is 10.2. The van der Waals surface area contributed by atoms with Crippen LogP contribution in [0.25, 0.3) is 0 Å². The molecule has 4 N–H and O–H groups in total. The smallest absolute Gasteiger partial charge is 0.319 e. The van der Waals surface area contributed by atoms with Crippen LogP contribution in [-0.2, 0) is 4.79 Å². The van der Waals surface area contributed by atoms with Gasteiger partial charge in [0.15, 0.2) is 11.5 Å². The van der Waals surface area contributed by atoms with Crippen molar-refractivity contribution in [3.05, 3.63) is 52.5 Å². The van der Waals surface area contributed by atoms with Gasteiger partial charge in [0.25, 0.3) is 5.91 Å². The van der Waals surface area contributed by atoms with Gasteiger partial charge in [0.05, 0.1) is 0 Å². The number of amides is 4. The second-order valence-electron chi connectivity index (χ2n) is 6.00. The predicted octanol–water partition coefficient (Wildman–Crippen LogP) is 2.19. The van der Waals surface area contributed by atoms with Crippen LogP contribution in [0.4, 0.5) is 10.5 Å². The lowest BCUT2D eigenvalue weighted by Gasteiger charge is -2.18. The number of rotatable bonds is 5. The van der Waals surface area contributed by atoms with Crippen molar-refractivity contribution in [3.63, 3.8) is 0 Å². The fourth-order valence-electron chi connectivity index (χ4n) is 2.44. The number of ether oxygens (including phenoxy) is 2. The standard InChI is InChI=1S/C19H19BrN4O5/c20-13-2-4-14(5-3-13)22-19(27)21-8-7-17(25)23-24-18(26)12-1-6-15-16(11-12)29-10-9-28-15/h1-6,11H,7-10H2,(H,23,25)(H,24,26)(H2,21,22,27). The first-order valence-electron chi connectivity index (χ1n) is 8.80. The van der Waals surface area contributed by atoms with Crippen molar-refractivity contribution < 1.29 is 23.9 Å². The monoisotopic (exact) mass is 462 g/mol. The summed E-state index contributed by atoms with van der Waals surface area (Å²) in [5.41, 5.74) is 5.57. The zero-order valence-electron chi connectivity index (χ0n) is 15.3. The van der Waals surface area contributed by atoms with E-state index in [1.54, 1.807) is 42.5 Å². The van der Waals surface area contributed by atoms with Crippen LogP contribution in [0.15, 0.2) is 46.9 Å². The van der Waals surface area contributed by atoms with E-state index in [9.17, 15) is 14.4 Å². The van der Waals surface area contributed by atoms with Crippen molar-refractivity contribution >= 4 is 39.5 Å². The van der Waals surface area contributed by atoms with Crippen LogP contribution in [0.5, 0.6) is 11.5 Å². The van der Waals surface area contributed by atoms with Gasteiger partial charge < -0.3 is 20.1 Å². The first-order chi connectivity index (χ1) is 14.0. The van der Waals surface area contributed by atoms with Gasteiger partial charge in [-0.3, -0.25) is 20.4 Å². The summed E-state index contributed by atoms with van der Waals surface area (Å²) in [5.74, 6) is 0.122. The maximum absolute atomic E-state index is 12.1. The summed E-state index contributed by atoms with van der Waals surface area (Å²) >= 11 is 3.31. The van der Waals surface area contributed by atoms with Crippen LogP contribution in [0.2, 0.25) is 0 Å².